The largest absolute Gasteiger partial charge is 0.338 e. The van der Waals surface area contributed by atoms with E-state index in [2.05, 4.69) is 30.3 Å². The molecule has 0 bridgehead atoms. The number of nitrogens with zero attached hydrogens (tertiary/aromatic N) is 1. The van der Waals surface area contributed by atoms with Gasteiger partial charge >= 0.3 is 5.97 Å². The summed E-state index contributed by atoms with van der Waals surface area (Å²) in [4.78, 5) is 28.2. The molecule has 1 saturated heterocycles. The standard InChI is InChI=1S/C17H17NO3S/c1-12(19)21-18-11-16(22-9-8-17(18)20)15-7-6-13-4-2-3-5-14(13)10-15/h2-7,10,16H,8-9,11H2,1H3. The van der Waals surface area contributed by atoms with Crippen LogP contribution in [-0.2, 0) is 14.4 Å². The van der Waals surface area contributed by atoms with Gasteiger partial charge < -0.3 is 4.84 Å². The molecule has 1 aliphatic heterocycles. The smallest absolute Gasteiger partial charge is 0.329 e. The first-order chi connectivity index (χ1) is 10.6. The van der Waals surface area contributed by atoms with Gasteiger partial charge in [0.05, 0.1) is 11.8 Å². The summed E-state index contributed by atoms with van der Waals surface area (Å²) in [6, 6.07) is 14.5. The first-order valence-electron chi connectivity index (χ1n) is 7.23. The van der Waals surface area contributed by atoms with E-state index in [0.717, 1.165) is 11.3 Å². The normalized spacial score (nSPS) is 19.0. The van der Waals surface area contributed by atoms with Crippen LogP contribution in [0.3, 0.4) is 0 Å². The monoisotopic (exact) mass is 315 g/mol. The number of fused-ring (bicyclic) bond motifs is 1. The van der Waals surface area contributed by atoms with E-state index in [0.29, 0.717) is 13.0 Å². The van der Waals surface area contributed by atoms with E-state index < -0.39 is 5.97 Å². The lowest BCUT2D eigenvalue weighted by molar-refractivity contribution is -0.195. The quantitative estimate of drug-likeness (QED) is 0.853. The average molecular weight is 315 g/mol. The Morgan fingerprint density at radius 1 is 1.23 bits per heavy atom. The van der Waals surface area contributed by atoms with Gasteiger partial charge in [0.1, 0.15) is 0 Å². The zero-order valence-electron chi connectivity index (χ0n) is 12.3. The Balaban J connectivity index is 1.87. The molecule has 0 saturated carbocycles. The van der Waals surface area contributed by atoms with Gasteiger partial charge in [-0.25, -0.2) is 0 Å². The highest BCUT2D eigenvalue weighted by atomic mass is 32.2. The van der Waals surface area contributed by atoms with E-state index in [-0.39, 0.29) is 11.2 Å². The van der Waals surface area contributed by atoms with Gasteiger partial charge in [-0.15, -0.1) is 0 Å². The van der Waals surface area contributed by atoms with Gasteiger partial charge in [-0.1, -0.05) is 36.4 Å². The highest BCUT2D eigenvalue weighted by Gasteiger charge is 2.27. The number of benzene rings is 2. The second-order valence-electron chi connectivity index (χ2n) is 5.25. The van der Waals surface area contributed by atoms with E-state index >= 15 is 0 Å². The van der Waals surface area contributed by atoms with Gasteiger partial charge in [-0.3, -0.25) is 9.59 Å². The number of thioether (sulfide) groups is 1. The van der Waals surface area contributed by atoms with Crippen LogP contribution in [0.15, 0.2) is 42.5 Å². The summed E-state index contributed by atoms with van der Waals surface area (Å²) in [5, 5.41) is 3.69. The topological polar surface area (TPSA) is 46.6 Å². The number of hydroxylamine groups is 2. The molecule has 114 valence electrons. The Kier molecular flexibility index (Phi) is 4.34. The minimum Gasteiger partial charge on any atom is -0.338 e. The third-order valence-electron chi connectivity index (χ3n) is 3.63. The van der Waals surface area contributed by atoms with Gasteiger partial charge in [0.15, 0.2) is 0 Å². The van der Waals surface area contributed by atoms with Crippen molar-refractivity contribution in [1.82, 2.24) is 5.06 Å². The molecule has 22 heavy (non-hydrogen) atoms. The zero-order chi connectivity index (χ0) is 15.5. The number of rotatable bonds is 2. The summed E-state index contributed by atoms with van der Waals surface area (Å²) >= 11 is 1.73. The molecular formula is C17H17NO3S. The summed E-state index contributed by atoms with van der Waals surface area (Å²) in [5.41, 5.74) is 1.15. The van der Waals surface area contributed by atoms with Crippen LogP contribution in [0.5, 0.6) is 0 Å². The molecule has 1 aliphatic rings. The van der Waals surface area contributed by atoms with Crippen LogP contribution >= 0.6 is 11.8 Å². The Morgan fingerprint density at radius 2 is 2.00 bits per heavy atom. The summed E-state index contributed by atoms with van der Waals surface area (Å²) in [5.74, 6) is 0.136. The molecular weight excluding hydrogens is 298 g/mol. The molecule has 2 aromatic carbocycles. The van der Waals surface area contributed by atoms with Crippen molar-refractivity contribution in [3.05, 3.63) is 48.0 Å². The third kappa shape index (κ3) is 3.25. The van der Waals surface area contributed by atoms with E-state index in [1.165, 1.54) is 22.8 Å². The fourth-order valence-electron chi connectivity index (χ4n) is 2.57. The van der Waals surface area contributed by atoms with E-state index in [9.17, 15) is 9.59 Å². The van der Waals surface area contributed by atoms with Crippen LogP contribution in [0.4, 0.5) is 0 Å². The van der Waals surface area contributed by atoms with E-state index in [1.807, 2.05) is 12.1 Å². The van der Waals surface area contributed by atoms with Crippen molar-refractivity contribution in [2.75, 3.05) is 12.3 Å². The average Bonchev–Trinajstić information content (AvgIpc) is 2.69. The van der Waals surface area contributed by atoms with Crippen molar-refractivity contribution in [2.45, 2.75) is 18.6 Å². The lowest BCUT2D eigenvalue weighted by atomic mass is 10.0. The first kappa shape index (κ1) is 14.9. The van der Waals surface area contributed by atoms with Crippen LogP contribution in [0.25, 0.3) is 10.8 Å². The molecule has 1 fully saturated rings. The number of amides is 1. The highest BCUT2D eigenvalue weighted by Crippen LogP contribution is 2.34. The molecule has 0 N–H and O–H groups in total. The molecule has 5 heteroatoms. The number of carbonyl (C=O) groups is 2. The van der Waals surface area contributed by atoms with Crippen LogP contribution in [0, 0.1) is 0 Å². The molecule has 1 amide bonds. The van der Waals surface area contributed by atoms with Gasteiger partial charge in [-0.05, 0) is 22.4 Å². The highest BCUT2D eigenvalue weighted by molar-refractivity contribution is 7.99. The molecule has 0 spiro atoms. The van der Waals surface area contributed by atoms with Crippen LogP contribution in [0.2, 0.25) is 0 Å². The Labute approximate surface area is 133 Å². The third-order valence-corrected chi connectivity index (χ3v) is 4.89. The maximum Gasteiger partial charge on any atom is 0.329 e. The van der Waals surface area contributed by atoms with Gasteiger partial charge in [-0.2, -0.15) is 16.8 Å². The van der Waals surface area contributed by atoms with E-state index in [4.69, 9.17) is 4.84 Å². The van der Waals surface area contributed by atoms with Gasteiger partial charge in [0.2, 0.25) is 0 Å². The lowest BCUT2D eigenvalue weighted by Crippen LogP contribution is -2.34. The number of hydrogen-bond donors (Lipinski definition) is 0. The Morgan fingerprint density at radius 3 is 2.77 bits per heavy atom. The van der Waals surface area contributed by atoms with Crippen molar-refractivity contribution in [3.63, 3.8) is 0 Å². The SMILES string of the molecule is CC(=O)ON1CC(c2ccc3ccccc3c2)SCCC1=O. The Bertz CT molecular complexity index is 716. The summed E-state index contributed by atoms with van der Waals surface area (Å²) in [6.07, 6.45) is 0.391. The molecule has 0 aliphatic carbocycles. The van der Waals surface area contributed by atoms with Crippen molar-refractivity contribution >= 4 is 34.4 Å². The molecule has 1 atom stereocenters. The second kappa shape index (κ2) is 6.40. The molecule has 1 heterocycles. The predicted molar refractivity (Wildman–Crippen MR) is 87.2 cm³/mol. The second-order valence-corrected chi connectivity index (χ2v) is 6.56. The minimum absolute atomic E-state index is 0.107. The van der Waals surface area contributed by atoms with Crippen molar-refractivity contribution in [3.8, 4) is 0 Å². The number of hydrogen-bond acceptors (Lipinski definition) is 4. The zero-order valence-corrected chi connectivity index (χ0v) is 13.1. The molecule has 2 aromatic rings. The van der Waals surface area contributed by atoms with Gasteiger partial charge in [0.25, 0.3) is 5.91 Å². The molecule has 4 nitrogen and oxygen atoms in total. The summed E-state index contributed by atoms with van der Waals surface area (Å²) < 4.78 is 0. The first-order valence-corrected chi connectivity index (χ1v) is 8.27. The summed E-state index contributed by atoms with van der Waals surface area (Å²) in [7, 11) is 0. The molecule has 3 rings (SSSR count). The molecule has 0 aromatic heterocycles. The fraction of sp³-hybridized carbons (Fsp3) is 0.294. The van der Waals surface area contributed by atoms with Crippen LogP contribution in [0.1, 0.15) is 24.2 Å². The maximum absolute atomic E-state index is 12.0. The lowest BCUT2D eigenvalue weighted by Gasteiger charge is -2.22. The van der Waals surface area contributed by atoms with Crippen LogP contribution in [-0.4, -0.2) is 29.2 Å². The molecule has 0 radical (unpaired) electrons. The maximum atomic E-state index is 12.0. The Hall–Kier alpha value is -2.01. The predicted octanol–water partition coefficient (Wildman–Crippen LogP) is 3.32. The summed E-state index contributed by atoms with van der Waals surface area (Å²) in [6.45, 7) is 1.71. The number of carbonyl (C=O) groups excluding carboxylic acids is 2. The van der Waals surface area contributed by atoms with Gasteiger partial charge in [0, 0.05) is 19.1 Å². The van der Waals surface area contributed by atoms with Crippen LogP contribution < -0.4 is 0 Å². The minimum atomic E-state index is -0.461. The van der Waals surface area contributed by atoms with Crippen molar-refractivity contribution in [2.24, 2.45) is 0 Å². The van der Waals surface area contributed by atoms with E-state index in [1.54, 1.807) is 11.8 Å². The molecule has 1 unspecified atom stereocenters. The van der Waals surface area contributed by atoms with Crippen molar-refractivity contribution < 1.29 is 14.4 Å². The van der Waals surface area contributed by atoms with Crippen molar-refractivity contribution in [1.29, 1.82) is 0 Å². The fourth-order valence-corrected chi connectivity index (χ4v) is 3.73.